The molecule has 128 valence electrons. The average Bonchev–Trinajstić information content (AvgIpc) is 2.96. The van der Waals surface area contributed by atoms with Gasteiger partial charge < -0.3 is 10.2 Å². The third-order valence-electron chi connectivity index (χ3n) is 3.97. The van der Waals surface area contributed by atoms with Crippen LogP contribution in [0, 0.1) is 5.92 Å². The number of likely N-dealkylation sites (tertiary alicyclic amines) is 1. The van der Waals surface area contributed by atoms with E-state index in [9.17, 15) is 22.8 Å². The maximum absolute atomic E-state index is 12.4. The van der Waals surface area contributed by atoms with Crippen molar-refractivity contribution in [3.05, 3.63) is 18.3 Å². The topological polar surface area (TPSA) is 91.0 Å². The monoisotopic (exact) mass is 341 g/mol. The number of aromatic amines is 1. The van der Waals surface area contributed by atoms with Gasteiger partial charge in [-0.15, -0.1) is 0 Å². The highest BCUT2D eigenvalue weighted by Crippen LogP contribution is 2.25. The van der Waals surface area contributed by atoms with Gasteiger partial charge in [0.1, 0.15) is 5.82 Å². The molecule has 0 radical (unpaired) electrons. The second kappa shape index (κ2) is 6.10. The summed E-state index contributed by atoms with van der Waals surface area (Å²) in [6, 6.07) is 3.45. The summed E-state index contributed by atoms with van der Waals surface area (Å²) < 4.78 is 37.2. The van der Waals surface area contributed by atoms with E-state index < -0.39 is 18.0 Å². The van der Waals surface area contributed by atoms with E-state index >= 15 is 0 Å². The quantitative estimate of drug-likeness (QED) is 0.870. The number of nitrogens with one attached hydrogen (secondary N) is 2. The number of halogens is 3. The lowest BCUT2D eigenvalue weighted by Gasteiger charge is -2.31. The van der Waals surface area contributed by atoms with Crippen LogP contribution in [0.1, 0.15) is 12.8 Å². The number of pyridine rings is 1. The molecule has 0 aromatic carbocycles. The van der Waals surface area contributed by atoms with E-state index in [0.717, 1.165) is 4.90 Å². The van der Waals surface area contributed by atoms with Crippen LogP contribution in [0.15, 0.2) is 18.3 Å². The number of piperidine rings is 1. The molecular formula is C14H14F3N5O2. The minimum atomic E-state index is -4.88. The van der Waals surface area contributed by atoms with E-state index in [4.69, 9.17) is 0 Å². The summed E-state index contributed by atoms with van der Waals surface area (Å²) in [5, 5.41) is 9.96. The van der Waals surface area contributed by atoms with Crippen molar-refractivity contribution in [3.8, 4) is 0 Å². The van der Waals surface area contributed by atoms with Crippen LogP contribution in [0.4, 0.5) is 19.0 Å². The highest BCUT2D eigenvalue weighted by atomic mass is 19.4. The minimum Gasteiger partial charge on any atom is -0.335 e. The summed E-state index contributed by atoms with van der Waals surface area (Å²) in [6.45, 7) is -0.191. The number of H-pyrrole nitrogens is 1. The number of carbonyl (C=O) groups is 2. The molecule has 1 fully saturated rings. The number of fused-ring (bicyclic) bond motifs is 1. The molecule has 2 N–H and O–H groups in total. The number of rotatable bonds is 2. The van der Waals surface area contributed by atoms with Crippen LogP contribution in [0.25, 0.3) is 11.0 Å². The molecule has 0 atom stereocenters. The summed E-state index contributed by atoms with van der Waals surface area (Å²) in [5.41, 5.74) is 0.457. The largest absolute Gasteiger partial charge is 0.471 e. The van der Waals surface area contributed by atoms with Gasteiger partial charge in [0.05, 0.1) is 5.39 Å². The molecule has 1 aliphatic rings. The first kappa shape index (κ1) is 16.2. The van der Waals surface area contributed by atoms with Gasteiger partial charge in [-0.2, -0.15) is 18.3 Å². The number of aromatic nitrogens is 3. The summed E-state index contributed by atoms with van der Waals surface area (Å²) in [4.78, 5) is 28.2. The molecule has 0 aliphatic carbocycles. The van der Waals surface area contributed by atoms with Gasteiger partial charge in [0.15, 0.2) is 5.65 Å². The lowest BCUT2D eigenvalue weighted by molar-refractivity contribution is -0.186. The highest BCUT2D eigenvalue weighted by Gasteiger charge is 2.43. The summed E-state index contributed by atoms with van der Waals surface area (Å²) >= 11 is 0. The number of alkyl halides is 3. The highest BCUT2D eigenvalue weighted by molar-refractivity contribution is 5.99. The van der Waals surface area contributed by atoms with Crippen molar-refractivity contribution in [2.24, 2.45) is 5.92 Å². The molecule has 0 unspecified atom stereocenters. The maximum Gasteiger partial charge on any atom is 0.471 e. The molecule has 2 aromatic heterocycles. The van der Waals surface area contributed by atoms with Gasteiger partial charge in [0.2, 0.25) is 5.91 Å². The molecule has 0 bridgehead atoms. The molecular weight excluding hydrogens is 327 g/mol. The average molecular weight is 341 g/mol. The number of hydrogen-bond acceptors (Lipinski definition) is 4. The van der Waals surface area contributed by atoms with Crippen LogP contribution in [0.5, 0.6) is 0 Å². The fourth-order valence-corrected chi connectivity index (χ4v) is 2.69. The molecule has 3 heterocycles. The Morgan fingerprint density at radius 3 is 2.67 bits per heavy atom. The third-order valence-corrected chi connectivity index (χ3v) is 3.97. The van der Waals surface area contributed by atoms with Crippen molar-refractivity contribution in [3.63, 3.8) is 0 Å². The molecule has 24 heavy (non-hydrogen) atoms. The zero-order chi connectivity index (χ0) is 17.3. The predicted octanol–water partition coefficient (Wildman–Crippen LogP) is 1.70. The molecule has 1 aliphatic heterocycles. The van der Waals surface area contributed by atoms with Gasteiger partial charge in [-0.3, -0.25) is 14.7 Å². The summed E-state index contributed by atoms with van der Waals surface area (Å²) in [5.74, 6) is -2.23. The first-order valence-corrected chi connectivity index (χ1v) is 7.32. The van der Waals surface area contributed by atoms with E-state index in [1.807, 2.05) is 0 Å². The van der Waals surface area contributed by atoms with Crippen LogP contribution in [0.3, 0.4) is 0 Å². The van der Waals surface area contributed by atoms with E-state index in [1.165, 1.54) is 0 Å². The van der Waals surface area contributed by atoms with Gasteiger partial charge in [-0.1, -0.05) is 0 Å². The number of nitrogens with zero attached hydrogens (tertiary/aromatic N) is 3. The molecule has 0 saturated carbocycles. The van der Waals surface area contributed by atoms with Crippen LogP contribution < -0.4 is 5.32 Å². The van der Waals surface area contributed by atoms with Crippen molar-refractivity contribution in [1.29, 1.82) is 0 Å². The van der Waals surface area contributed by atoms with E-state index in [1.54, 1.807) is 18.3 Å². The minimum absolute atomic E-state index is 0.0955. The van der Waals surface area contributed by atoms with Crippen molar-refractivity contribution < 1.29 is 22.8 Å². The molecule has 1 saturated heterocycles. The Labute approximate surface area is 134 Å². The van der Waals surface area contributed by atoms with Crippen LogP contribution in [0.2, 0.25) is 0 Å². The Bertz CT molecular complexity index is 765. The van der Waals surface area contributed by atoms with Gasteiger partial charge in [-0.05, 0) is 25.0 Å². The Kier molecular flexibility index (Phi) is 4.12. The van der Waals surface area contributed by atoms with Crippen molar-refractivity contribution >= 4 is 28.7 Å². The molecule has 0 spiro atoms. The first-order valence-electron chi connectivity index (χ1n) is 7.32. The lowest BCUT2D eigenvalue weighted by Crippen LogP contribution is -2.46. The van der Waals surface area contributed by atoms with Gasteiger partial charge >= 0.3 is 12.1 Å². The molecule has 7 nitrogen and oxygen atoms in total. The van der Waals surface area contributed by atoms with E-state index in [2.05, 4.69) is 20.5 Å². The standard InChI is InChI=1S/C14H14F3N5O2/c15-14(16,17)13(24)22-6-3-8(4-7-22)12(23)19-11-9-2-1-5-18-10(9)20-21-11/h1-2,5,8H,3-4,6-7H2,(H2,18,19,20,21,23). The number of carbonyl (C=O) groups excluding carboxylic acids is 2. The van der Waals surface area contributed by atoms with Gasteiger partial charge in [0.25, 0.3) is 0 Å². The molecule has 10 heteroatoms. The number of anilines is 1. The summed E-state index contributed by atoms with van der Waals surface area (Å²) in [7, 11) is 0. The fraction of sp³-hybridized carbons (Fsp3) is 0.429. The predicted molar refractivity (Wildman–Crippen MR) is 77.9 cm³/mol. The van der Waals surface area contributed by atoms with Crippen LogP contribution in [-0.4, -0.2) is 51.2 Å². The fourth-order valence-electron chi connectivity index (χ4n) is 2.69. The van der Waals surface area contributed by atoms with Gasteiger partial charge in [-0.25, -0.2) is 4.98 Å². The second-order valence-electron chi connectivity index (χ2n) is 5.53. The Hall–Kier alpha value is -2.65. The number of hydrogen-bond donors (Lipinski definition) is 2. The molecule has 2 aromatic rings. The molecule has 2 amide bonds. The molecule has 3 rings (SSSR count). The smallest absolute Gasteiger partial charge is 0.335 e. The lowest BCUT2D eigenvalue weighted by atomic mass is 9.96. The van der Waals surface area contributed by atoms with Crippen molar-refractivity contribution in [1.82, 2.24) is 20.1 Å². The van der Waals surface area contributed by atoms with Crippen LogP contribution >= 0.6 is 0 Å². The Morgan fingerprint density at radius 2 is 2.00 bits per heavy atom. The zero-order valence-electron chi connectivity index (χ0n) is 12.4. The van der Waals surface area contributed by atoms with E-state index in [0.29, 0.717) is 16.9 Å². The number of amides is 2. The maximum atomic E-state index is 12.4. The van der Waals surface area contributed by atoms with Crippen molar-refractivity contribution in [2.75, 3.05) is 18.4 Å². The van der Waals surface area contributed by atoms with Crippen molar-refractivity contribution in [2.45, 2.75) is 19.0 Å². The normalized spacial score (nSPS) is 16.4. The second-order valence-corrected chi connectivity index (χ2v) is 5.53. The Balaban J connectivity index is 1.61. The first-order chi connectivity index (χ1) is 11.4. The zero-order valence-corrected chi connectivity index (χ0v) is 12.4. The SMILES string of the molecule is O=C(Nc1[nH]nc2ncccc12)C1CCN(C(=O)C(F)(F)F)CC1. The van der Waals surface area contributed by atoms with Crippen LogP contribution in [-0.2, 0) is 9.59 Å². The summed E-state index contributed by atoms with van der Waals surface area (Å²) in [6.07, 6.45) is -2.95. The van der Waals surface area contributed by atoms with Gasteiger partial charge in [0, 0.05) is 25.2 Å². The van der Waals surface area contributed by atoms with E-state index in [-0.39, 0.29) is 31.8 Å². The Morgan fingerprint density at radius 1 is 1.29 bits per heavy atom. The third kappa shape index (κ3) is 3.17.